The van der Waals surface area contributed by atoms with Crippen molar-refractivity contribution in [3.63, 3.8) is 0 Å². The van der Waals surface area contributed by atoms with Crippen molar-refractivity contribution in [2.75, 3.05) is 18.0 Å². The maximum atomic E-state index is 12.3. The molecule has 7 heteroatoms. The van der Waals surface area contributed by atoms with Gasteiger partial charge in [0, 0.05) is 6.54 Å². The second-order valence-corrected chi connectivity index (χ2v) is 3.62. The molecule has 16 heavy (non-hydrogen) atoms. The Hall–Kier alpha value is -1.04. The van der Waals surface area contributed by atoms with Gasteiger partial charge >= 0.3 is 6.18 Å². The largest absolute Gasteiger partial charge is 0.405 e. The number of alkyl halides is 3. The minimum Gasteiger partial charge on any atom is -0.346 e. The van der Waals surface area contributed by atoms with Crippen molar-refractivity contribution in [1.29, 1.82) is 0 Å². The third-order valence-electron chi connectivity index (χ3n) is 1.78. The predicted molar refractivity (Wildman–Crippen MR) is 55.6 cm³/mol. The summed E-state index contributed by atoms with van der Waals surface area (Å²) in [6.07, 6.45) is -1.13. The highest BCUT2D eigenvalue weighted by Gasteiger charge is 2.31. The molecular formula is C9H11ClF3N3. The van der Waals surface area contributed by atoms with Gasteiger partial charge in [-0.1, -0.05) is 18.5 Å². The first-order chi connectivity index (χ1) is 7.42. The van der Waals surface area contributed by atoms with Crippen LogP contribution in [0.2, 0.25) is 5.15 Å². The third-order valence-corrected chi connectivity index (χ3v) is 1.96. The van der Waals surface area contributed by atoms with Crippen LogP contribution in [0.4, 0.5) is 19.0 Å². The van der Waals surface area contributed by atoms with Crippen molar-refractivity contribution >= 4 is 17.4 Å². The number of hydrogen-bond acceptors (Lipinski definition) is 3. The number of halogens is 4. The molecule has 0 amide bonds. The molecule has 0 N–H and O–H groups in total. The van der Waals surface area contributed by atoms with E-state index in [1.54, 1.807) is 6.92 Å². The highest BCUT2D eigenvalue weighted by atomic mass is 35.5. The summed E-state index contributed by atoms with van der Waals surface area (Å²) < 4.78 is 36.9. The van der Waals surface area contributed by atoms with E-state index in [4.69, 9.17) is 11.6 Å². The molecule has 0 fully saturated rings. The summed E-state index contributed by atoms with van der Waals surface area (Å²) in [7, 11) is 0. The van der Waals surface area contributed by atoms with Crippen LogP contribution in [0, 0.1) is 0 Å². The van der Waals surface area contributed by atoms with Gasteiger partial charge in [0.05, 0.1) is 12.4 Å². The second kappa shape index (κ2) is 5.34. The van der Waals surface area contributed by atoms with Crippen LogP contribution >= 0.6 is 11.6 Å². The molecule has 0 aliphatic carbocycles. The summed E-state index contributed by atoms with van der Waals surface area (Å²) in [6, 6.07) is 0. The number of nitrogens with zero attached hydrogens (tertiary/aromatic N) is 3. The number of anilines is 1. The smallest absolute Gasteiger partial charge is 0.346 e. The molecular weight excluding hydrogens is 243 g/mol. The molecule has 0 aliphatic heterocycles. The van der Waals surface area contributed by atoms with Crippen molar-refractivity contribution in [2.24, 2.45) is 0 Å². The van der Waals surface area contributed by atoms with E-state index in [1.165, 1.54) is 12.4 Å². The van der Waals surface area contributed by atoms with Gasteiger partial charge in [0.1, 0.15) is 17.5 Å². The lowest BCUT2D eigenvalue weighted by Gasteiger charge is -2.23. The number of rotatable bonds is 4. The summed E-state index contributed by atoms with van der Waals surface area (Å²) in [6.45, 7) is 1.01. The van der Waals surface area contributed by atoms with Gasteiger partial charge in [0.15, 0.2) is 0 Å². The van der Waals surface area contributed by atoms with Gasteiger partial charge in [-0.2, -0.15) is 13.2 Å². The lowest BCUT2D eigenvalue weighted by Crippen LogP contribution is -2.35. The average molecular weight is 254 g/mol. The minimum atomic E-state index is -4.26. The second-order valence-electron chi connectivity index (χ2n) is 3.24. The van der Waals surface area contributed by atoms with Crippen molar-refractivity contribution in [2.45, 2.75) is 19.5 Å². The molecule has 90 valence electrons. The molecule has 1 aromatic heterocycles. The van der Waals surface area contributed by atoms with Gasteiger partial charge in [0.2, 0.25) is 0 Å². The molecule has 0 spiro atoms. The number of aromatic nitrogens is 2. The van der Waals surface area contributed by atoms with Crippen LogP contribution in [0.25, 0.3) is 0 Å². The van der Waals surface area contributed by atoms with E-state index in [0.717, 1.165) is 4.90 Å². The molecule has 0 aromatic carbocycles. The molecule has 1 rings (SSSR count). The fourth-order valence-corrected chi connectivity index (χ4v) is 1.39. The molecule has 1 heterocycles. The summed E-state index contributed by atoms with van der Waals surface area (Å²) >= 11 is 5.58. The van der Waals surface area contributed by atoms with Crippen LogP contribution in [0.5, 0.6) is 0 Å². The topological polar surface area (TPSA) is 29.0 Å². The van der Waals surface area contributed by atoms with Crippen LogP contribution < -0.4 is 4.90 Å². The Morgan fingerprint density at radius 3 is 2.56 bits per heavy atom. The lowest BCUT2D eigenvalue weighted by atomic mass is 10.4. The van der Waals surface area contributed by atoms with Gasteiger partial charge < -0.3 is 4.90 Å². The van der Waals surface area contributed by atoms with Crippen molar-refractivity contribution in [3.8, 4) is 0 Å². The van der Waals surface area contributed by atoms with Crippen LogP contribution in [0.15, 0.2) is 12.4 Å². The van der Waals surface area contributed by atoms with Gasteiger partial charge in [-0.05, 0) is 6.42 Å². The first-order valence-electron chi connectivity index (χ1n) is 4.71. The van der Waals surface area contributed by atoms with E-state index in [0.29, 0.717) is 6.42 Å². The van der Waals surface area contributed by atoms with Crippen LogP contribution in [0.1, 0.15) is 13.3 Å². The summed E-state index contributed by atoms with van der Waals surface area (Å²) in [5.74, 6) is 0.145. The molecule has 0 saturated heterocycles. The Balaban J connectivity index is 2.85. The standard InChI is InChI=1S/C9H11ClF3N3/c1-2-3-16(6-9(11,12)13)8-5-14-4-7(10)15-8/h4-5H,2-3,6H2,1H3. The molecule has 3 nitrogen and oxygen atoms in total. The summed E-state index contributed by atoms with van der Waals surface area (Å²) in [4.78, 5) is 8.63. The van der Waals surface area contributed by atoms with Gasteiger partial charge in [-0.15, -0.1) is 0 Å². The Bertz CT molecular complexity index is 343. The zero-order valence-electron chi connectivity index (χ0n) is 8.63. The lowest BCUT2D eigenvalue weighted by molar-refractivity contribution is -0.119. The zero-order valence-corrected chi connectivity index (χ0v) is 9.39. The van der Waals surface area contributed by atoms with E-state index < -0.39 is 12.7 Å². The van der Waals surface area contributed by atoms with Crippen molar-refractivity contribution < 1.29 is 13.2 Å². The van der Waals surface area contributed by atoms with E-state index in [1.807, 2.05) is 0 Å². The predicted octanol–water partition coefficient (Wildman–Crippen LogP) is 2.91. The van der Waals surface area contributed by atoms with Crippen LogP contribution in [0.3, 0.4) is 0 Å². The molecule has 0 atom stereocenters. The Morgan fingerprint density at radius 2 is 2.06 bits per heavy atom. The third kappa shape index (κ3) is 4.22. The minimum absolute atomic E-state index is 0.0841. The van der Waals surface area contributed by atoms with Gasteiger partial charge in [-0.3, -0.25) is 4.98 Å². The van der Waals surface area contributed by atoms with E-state index >= 15 is 0 Å². The molecule has 0 unspecified atom stereocenters. The fraction of sp³-hybridized carbons (Fsp3) is 0.556. The maximum absolute atomic E-state index is 12.3. The van der Waals surface area contributed by atoms with Crippen molar-refractivity contribution in [3.05, 3.63) is 17.5 Å². The maximum Gasteiger partial charge on any atom is 0.405 e. The van der Waals surface area contributed by atoms with Crippen molar-refractivity contribution in [1.82, 2.24) is 9.97 Å². The van der Waals surface area contributed by atoms with Crippen LogP contribution in [-0.2, 0) is 0 Å². The van der Waals surface area contributed by atoms with E-state index in [-0.39, 0.29) is 17.5 Å². The van der Waals surface area contributed by atoms with E-state index in [9.17, 15) is 13.2 Å². The normalized spacial score (nSPS) is 11.6. The first kappa shape index (κ1) is 13.0. The zero-order chi connectivity index (χ0) is 12.2. The molecule has 0 saturated carbocycles. The average Bonchev–Trinajstić information content (AvgIpc) is 2.15. The van der Waals surface area contributed by atoms with Gasteiger partial charge in [0.25, 0.3) is 0 Å². The Kier molecular flexibility index (Phi) is 4.35. The highest BCUT2D eigenvalue weighted by Crippen LogP contribution is 2.21. The Morgan fingerprint density at radius 1 is 1.38 bits per heavy atom. The highest BCUT2D eigenvalue weighted by molar-refractivity contribution is 6.29. The molecule has 1 aromatic rings. The molecule has 0 aliphatic rings. The molecule has 0 radical (unpaired) electrons. The SMILES string of the molecule is CCCN(CC(F)(F)F)c1cncc(Cl)n1. The fourth-order valence-electron chi connectivity index (χ4n) is 1.25. The van der Waals surface area contributed by atoms with E-state index in [2.05, 4.69) is 9.97 Å². The quantitative estimate of drug-likeness (QED) is 0.826. The summed E-state index contributed by atoms with van der Waals surface area (Å²) in [5.41, 5.74) is 0. The number of hydrogen-bond donors (Lipinski definition) is 0. The van der Waals surface area contributed by atoms with Gasteiger partial charge in [-0.25, -0.2) is 4.98 Å². The monoisotopic (exact) mass is 253 g/mol. The summed E-state index contributed by atoms with van der Waals surface area (Å²) in [5, 5.41) is 0.0841. The van der Waals surface area contributed by atoms with Crippen LogP contribution in [-0.4, -0.2) is 29.2 Å². The first-order valence-corrected chi connectivity index (χ1v) is 5.09. The molecule has 0 bridgehead atoms. The Labute approximate surface area is 96.3 Å².